The fourth-order valence-corrected chi connectivity index (χ4v) is 3.62. The predicted octanol–water partition coefficient (Wildman–Crippen LogP) is 5.55. The first-order valence-corrected chi connectivity index (χ1v) is 10.7. The van der Waals surface area contributed by atoms with E-state index in [9.17, 15) is 14.4 Å². The number of urea groups is 1. The SMILES string of the molecule is Cc1ccc(N2C(=O)NC(=O)/C(=C/c3cccc(OCc4ccccc4Cl)c3)C2=O)cc1Cl. The number of nitrogens with zero attached hydrogens (tertiary/aromatic N) is 1. The number of nitrogens with one attached hydrogen (secondary N) is 1. The highest BCUT2D eigenvalue weighted by atomic mass is 35.5. The highest BCUT2D eigenvalue weighted by molar-refractivity contribution is 6.39. The summed E-state index contributed by atoms with van der Waals surface area (Å²) in [7, 11) is 0. The number of rotatable bonds is 5. The summed E-state index contributed by atoms with van der Waals surface area (Å²) in [5, 5.41) is 3.20. The van der Waals surface area contributed by atoms with Crippen LogP contribution in [0.25, 0.3) is 6.08 Å². The van der Waals surface area contributed by atoms with E-state index in [0.717, 1.165) is 16.0 Å². The molecule has 3 aromatic carbocycles. The van der Waals surface area contributed by atoms with Crippen LogP contribution in [0, 0.1) is 6.92 Å². The van der Waals surface area contributed by atoms with Crippen molar-refractivity contribution < 1.29 is 19.1 Å². The van der Waals surface area contributed by atoms with Gasteiger partial charge in [-0.05, 0) is 54.5 Å². The number of carbonyl (C=O) groups is 3. The molecule has 1 saturated heterocycles. The second-order valence-electron chi connectivity index (χ2n) is 7.34. The molecule has 0 unspecified atom stereocenters. The molecule has 0 aliphatic carbocycles. The molecule has 8 heteroatoms. The Balaban J connectivity index is 1.59. The maximum atomic E-state index is 13.1. The minimum atomic E-state index is -0.834. The second kappa shape index (κ2) is 9.48. The molecule has 1 aliphatic heterocycles. The standard InChI is InChI=1S/C25H18Cl2N2O4/c1-15-9-10-18(13-22(15)27)29-24(31)20(23(30)28-25(29)32)12-16-5-4-7-19(11-16)33-14-17-6-2-3-8-21(17)26/h2-13H,14H2,1H3,(H,28,30,32)/b20-12-. The molecule has 1 heterocycles. The molecule has 0 spiro atoms. The summed E-state index contributed by atoms with van der Waals surface area (Å²) in [4.78, 5) is 38.8. The lowest BCUT2D eigenvalue weighted by Gasteiger charge is -2.26. The lowest BCUT2D eigenvalue weighted by molar-refractivity contribution is -0.122. The van der Waals surface area contributed by atoms with Crippen molar-refractivity contribution in [1.29, 1.82) is 0 Å². The van der Waals surface area contributed by atoms with E-state index in [1.807, 2.05) is 18.2 Å². The van der Waals surface area contributed by atoms with Crippen molar-refractivity contribution in [1.82, 2.24) is 5.32 Å². The Morgan fingerprint density at radius 2 is 1.73 bits per heavy atom. The van der Waals surface area contributed by atoms with Crippen LogP contribution in [-0.2, 0) is 16.2 Å². The van der Waals surface area contributed by atoms with Crippen molar-refractivity contribution >= 4 is 52.8 Å². The number of carbonyl (C=O) groups excluding carboxylic acids is 3. The molecule has 4 amide bonds. The summed E-state index contributed by atoms with van der Waals surface area (Å²) < 4.78 is 5.81. The van der Waals surface area contributed by atoms with Crippen LogP contribution in [0.1, 0.15) is 16.7 Å². The van der Waals surface area contributed by atoms with Gasteiger partial charge in [-0.15, -0.1) is 0 Å². The molecule has 0 bridgehead atoms. The largest absolute Gasteiger partial charge is 0.489 e. The van der Waals surface area contributed by atoms with Crippen molar-refractivity contribution in [3.8, 4) is 5.75 Å². The predicted molar refractivity (Wildman–Crippen MR) is 127 cm³/mol. The van der Waals surface area contributed by atoms with Gasteiger partial charge in [-0.3, -0.25) is 14.9 Å². The van der Waals surface area contributed by atoms with Gasteiger partial charge in [-0.25, -0.2) is 9.69 Å². The average Bonchev–Trinajstić information content (AvgIpc) is 2.78. The van der Waals surface area contributed by atoms with Gasteiger partial charge in [0.15, 0.2) is 0 Å². The Bertz CT molecular complexity index is 1300. The third-order valence-electron chi connectivity index (χ3n) is 5.04. The van der Waals surface area contributed by atoms with Crippen molar-refractivity contribution in [2.45, 2.75) is 13.5 Å². The zero-order chi connectivity index (χ0) is 23.5. The van der Waals surface area contributed by atoms with E-state index < -0.39 is 17.8 Å². The van der Waals surface area contributed by atoms with Crippen LogP contribution in [0.5, 0.6) is 5.75 Å². The lowest BCUT2D eigenvalue weighted by Crippen LogP contribution is -2.54. The number of amides is 4. The van der Waals surface area contributed by atoms with E-state index in [-0.39, 0.29) is 17.9 Å². The minimum absolute atomic E-state index is 0.186. The Labute approximate surface area is 200 Å². The second-order valence-corrected chi connectivity index (χ2v) is 8.16. The van der Waals surface area contributed by atoms with Crippen LogP contribution >= 0.6 is 23.2 Å². The highest BCUT2D eigenvalue weighted by Gasteiger charge is 2.37. The van der Waals surface area contributed by atoms with Crippen LogP contribution < -0.4 is 15.0 Å². The number of halogens is 2. The molecule has 0 radical (unpaired) electrons. The van der Waals surface area contributed by atoms with E-state index in [1.54, 1.807) is 49.4 Å². The summed E-state index contributed by atoms with van der Waals surface area (Å²) in [6.07, 6.45) is 1.41. The Kier molecular flexibility index (Phi) is 6.49. The van der Waals surface area contributed by atoms with Gasteiger partial charge in [0, 0.05) is 15.6 Å². The zero-order valence-electron chi connectivity index (χ0n) is 17.5. The van der Waals surface area contributed by atoms with Gasteiger partial charge in [0.25, 0.3) is 11.8 Å². The van der Waals surface area contributed by atoms with Crippen LogP contribution in [0.15, 0.2) is 72.3 Å². The topological polar surface area (TPSA) is 75.7 Å². The van der Waals surface area contributed by atoms with Gasteiger partial charge in [0.2, 0.25) is 0 Å². The molecule has 1 N–H and O–H groups in total. The number of ether oxygens (including phenoxy) is 1. The highest BCUT2D eigenvalue weighted by Crippen LogP contribution is 2.27. The van der Waals surface area contributed by atoms with Crippen molar-refractivity contribution in [3.05, 3.63) is 99.0 Å². The molecule has 3 aromatic rings. The maximum absolute atomic E-state index is 13.1. The van der Waals surface area contributed by atoms with Crippen LogP contribution in [0.3, 0.4) is 0 Å². The van der Waals surface area contributed by atoms with Crippen molar-refractivity contribution in [3.63, 3.8) is 0 Å². The minimum Gasteiger partial charge on any atom is -0.489 e. The quantitative estimate of drug-likeness (QED) is 0.383. The Morgan fingerprint density at radius 1 is 0.939 bits per heavy atom. The Morgan fingerprint density at radius 3 is 2.48 bits per heavy atom. The molecular weight excluding hydrogens is 463 g/mol. The molecule has 0 saturated carbocycles. The number of benzene rings is 3. The summed E-state index contributed by atoms with van der Waals surface area (Å²) >= 11 is 12.3. The van der Waals surface area contributed by atoms with Gasteiger partial charge < -0.3 is 4.74 Å². The van der Waals surface area contributed by atoms with Gasteiger partial charge in [-0.2, -0.15) is 0 Å². The number of barbiturate groups is 1. The zero-order valence-corrected chi connectivity index (χ0v) is 19.0. The van der Waals surface area contributed by atoms with Crippen molar-refractivity contribution in [2.75, 3.05) is 4.90 Å². The fraction of sp³-hybridized carbons (Fsp3) is 0.0800. The third-order valence-corrected chi connectivity index (χ3v) is 5.81. The molecule has 6 nitrogen and oxygen atoms in total. The number of aryl methyl sites for hydroxylation is 1. The monoisotopic (exact) mass is 480 g/mol. The molecule has 166 valence electrons. The van der Waals surface area contributed by atoms with Gasteiger partial charge in [0.1, 0.15) is 17.9 Å². The first kappa shape index (κ1) is 22.6. The summed E-state index contributed by atoms with van der Waals surface area (Å²) in [6.45, 7) is 2.06. The molecule has 1 aliphatic rings. The van der Waals surface area contributed by atoms with Crippen LogP contribution in [0.4, 0.5) is 10.5 Å². The number of hydrogen-bond donors (Lipinski definition) is 1. The van der Waals surface area contributed by atoms with E-state index in [4.69, 9.17) is 27.9 Å². The number of hydrogen-bond acceptors (Lipinski definition) is 4. The molecular formula is C25H18Cl2N2O4. The smallest absolute Gasteiger partial charge is 0.335 e. The van der Waals surface area contributed by atoms with E-state index in [0.29, 0.717) is 21.4 Å². The molecule has 33 heavy (non-hydrogen) atoms. The first-order chi connectivity index (χ1) is 15.8. The number of imide groups is 2. The fourth-order valence-electron chi connectivity index (χ4n) is 3.25. The van der Waals surface area contributed by atoms with E-state index in [2.05, 4.69) is 5.32 Å². The van der Waals surface area contributed by atoms with E-state index in [1.165, 1.54) is 12.1 Å². The maximum Gasteiger partial charge on any atom is 0.335 e. The summed E-state index contributed by atoms with van der Waals surface area (Å²) in [6, 6.07) is 18.2. The molecule has 0 atom stereocenters. The Hall–Kier alpha value is -3.61. The molecule has 0 aromatic heterocycles. The third kappa shape index (κ3) is 4.92. The number of anilines is 1. The van der Waals surface area contributed by atoms with E-state index >= 15 is 0 Å². The summed E-state index contributed by atoms with van der Waals surface area (Å²) in [5.41, 5.74) is 2.26. The van der Waals surface area contributed by atoms with Gasteiger partial charge >= 0.3 is 6.03 Å². The van der Waals surface area contributed by atoms with Crippen molar-refractivity contribution in [2.24, 2.45) is 0 Å². The van der Waals surface area contributed by atoms with Crippen LogP contribution in [-0.4, -0.2) is 17.8 Å². The molecule has 1 fully saturated rings. The normalized spacial score (nSPS) is 15.1. The van der Waals surface area contributed by atoms with Crippen LogP contribution in [0.2, 0.25) is 10.0 Å². The summed E-state index contributed by atoms with van der Waals surface area (Å²) in [5.74, 6) is -0.987. The first-order valence-electron chi connectivity index (χ1n) is 9.97. The average molecular weight is 481 g/mol. The lowest BCUT2D eigenvalue weighted by atomic mass is 10.1. The molecule has 4 rings (SSSR count). The van der Waals surface area contributed by atoms with Gasteiger partial charge in [0.05, 0.1) is 5.69 Å². The van der Waals surface area contributed by atoms with Gasteiger partial charge in [-0.1, -0.05) is 59.6 Å².